The van der Waals surface area contributed by atoms with Crippen molar-refractivity contribution in [3.8, 4) is 6.07 Å². The summed E-state index contributed by atoms with van der Waals surface area (Å²) in [6, 6.07) is 0.619. The van der Waals surface area contributed by atoms with Gasteiger partial charge in [-0.05, 0) is 6.42 Å². The van der Waals surface area contributed by atoms with E-state index in [0.29, 0.717) is 6.42 Å². The maximum absolute atomic E-state index is 11.5. The van der Waals surface area contributed by atoms with Crippen LogP contribution in [0.4, 0.5) is 4.79 Å². The van der Waals surface area contributed by atoms with E-state index in [9.17, 15) is 9.59 Å². The Hall–Kier alpha value is -1.77. The molecule has 0 bridgehead atoms. The predicted octanol–water partition coefficient (Wildman–Crippen LogP) is -0.524. The van der Waals surface area contributed by atoms with Crippen molar-refractivity contribution in [3.05, 3.63) is 0 Å². The fraction of sp³-hybridized carbons (Fsp3) is 0.667. The molecule has 0 aliphatic carbocycles. The summed E-state index contributed by atoms with van der Waals surface area (Å²) in [5.41, 5.74) is 0. The van der Waals surface area contributed by atoms with Gasteiger partial charge in [0, 0.05) is 6.54 Å². The van der Waals surface area contributed by atoms with Gasteiger partial charge in [-0.1, -0.05) is 13.3 Å². The largest absolute Gasteiger partial charge is 0.339 e. The van der Waals surface area contributed by atoms with Gasteiger partial charge >= 0.3 is 6.03 Å². The third-order valence-electron chi connectivity index (χ3n) is 2.14. The van der Waals surface area contributed by atoms with E-state index in [1.807, 2.05) is 13.0 Å². The molecule has 1 aliphatic rings. The fourth-order valence-corrected chi connectivity index (χ4v) is 1.34. The van der Waals surface area contributed by atoms with Crippen LogP contribution in [-0.4, -0.2) is 30.6 Å². The van der Waals surface area contributed by atoms with E-state index in [1.165, 1.54) is 0 Å². The number of amides is 3. The first-order chi connectivity index (χ1) is 7.17. The molecule has 3 amide bonds. The van der Waals surface area contributed by atoms with Crippen LogP contribution in [0.2, 0.25) is 0 Å². The Bertz CT molecular complexity index is 297. The summed E-state index contributed by atoms with van der Waals surface area (Å²) in [5.74, 6) is -0.312. The molecule has 3 N–H and O–H groups in total. The molecule has 1 heterocycles. The van der Waals surface area contributed by atoms with Crippen molar-refractivity contribution in [2.45, 2.75) is 31.8 Å². The summed E-state index contributed by atoms with van der Waals surface area (Å²) in [6.07, 6.45) is 1.45. The van der Waals surface area contributed by atoms with E-state index in [2.05, 4.69) is 16.0 Å². The quantitative estimate of drug-likeness (QED) is 0.582. The highest BCUT2D eigenvalue weighted by Crippen LogP contribution is 1.97. The minimum absolute atomic E-state index is 0.273. The lowest BCUT2D eigenvalue weighted by molar-refractivity contribution is -0.122. The number of urea groups is 1. The normalized spacial score (nSPS) is 21.1. The zero-order chi connectivity index (χ0) is 11.3. The van der Waals surface area contributed by atoms with Gasteiger partial charge in [0.25, 0.3) is 0 Å². The third kappa shape index (κ3) is 3.13. The number of hydrogen-bond acceptors (Lipinski definition) is 3. The molecule has 1 fully saturated rings. The maximum Gasteiger partial charge on any atom is 0.315 e. The SMILES string of the molecule is CCC[C@@H](C#N)NC(=O)[C@H]1CNC(=O)N1. The Morgan fingerprint density at radius 1 is 1.80 bits per heavy atom. The highest BCUT2D eigenvalue weighted by Gasteiger charge is 2.27. The van der Waals surface area contributed by atoms with E-state index in [0.717, 1.165) is 6.42 Å². The van der Waals surface area contributed by atoms with Crippen molar-refractivity contribution in [3.63, 3.8) is 0 Å². The van der Waals surface area contributed by atoms with Gasteiger partial charge in [-0.15, -0.1) is 0 Å². The van der Waals surface area contributed by atoms with Gasteiger partial charge in [0.05, 0.1) is 6.07 Å². The van der Waals surface area contributed by atoms with Crippen LogP contribution in [0.1, 0.15) is 19.8 Å². The molecule has 0 spiro atoms. The lowest BCUT2D eigenvalue weighted by Crippen LogP contribution is -2.46. The molecule has 0 aromatic rings. The molecule has 0 saturated carbocycles. The average Bonchev–Trinajstić information content (AvgIpc) is 2.64. The van der Waals surface area contributed by atoms with Gasteiger partial charge < -0.3 is 16.0 Å². The molecule has 1 aliphatic heterocycles. The molecule has 2 atom stereocenters. The molecular weight excluding hydrogens is 196 g/mol. The molecule has 82 valence electrons. The van der Waals surface area contributed by atoms with E-state index in [4.69, 9.17) is 5.26 Å². The van der Waals surface area contributed by atoms with Crippen LogP contribution < -0.4 is 16.0 Å². The van der Waals surface area contributed by atoms with Gasteiger partial charge in [-0.25, -0.2) is 4.79 Å². The summed E-state index contributed by atoms with van der Waals surface area (Å²) in [5, 5.41) is 16.2. The summed E-state index contributed by atoms with van der Waals surface area (Å²) < 4.78 is 0. The highest BCUT2D eigenvalue weighted by atomic mass is 16.2. The Labute approximate surface area is 88.0 Å². The smallest absolute Gasteiger partial charge is 0.315 e. The fourth-order valence-electron chi connectivity index (χ4n) is 1.34. The minimum Gasteiger partial charge on any atom is -0.339 e. The molecule has 0 radical (unpaired) electrons. The Kier molecular flexibility index (Phi) is 3.92. The first-order valence-electron chi connectivity index (χ1n) is 4.91. The monoisotopic (exact) mass is 210 g/mol. The van der Waals surface area contributed by atoms with Crippen LogP contribution in [0.5, 0.6) is 0 Å². The van der Waals surface area contributed by atoms with Gasteiger partial charge in [0.15, 0.2) is 0 Å². The number of nitriles is 1. The lowest BCUT2D eigenvalue weighted by Gasteiger charge is -2.13. The van der Waals surface area contributed by atoms with Crippen LogP contribution in [0.3, 0.4) is 0 Å². The number of hydrogen-bond donors (Lipinski definition) is 3. The Morgan fingerprint density at radius 3 is 3.00 bits per heavy atom. The third-order valence-corrected chi connectivity index (χ3v) is 2.14. The van der Waals surface area contributed by atoms with E-state index >= 15 is 0 Å². The number of carbonyl (C=O) groups is 2. The lowest BCUT2D eigenvalue weighted by atomic mass is 10.1. The van der Waals surface area contributed by atoms with Gasteiger partial charge in [-0.3, -0.25) is 4.79 Å². The van der Waals surface area contributed by atoms with Gasteiger partial charge in [0.2, 0.25) is 5.91 Å². The van der Waals surface area contributed by atoms with E-state index < -0.39 is 12.1 Å². The topological polar surface area (TPSA) is 94.0 Å². The highest BCUT2D eigenvalue weighted by molar-refractivity contribution is 5.90. The van der Waals surface area contributed by atoms with Crippen LogP contribution in [-0.2, 0) is 4.79 Å². The van der Waals surface area contributed by atoms with Crippen molar-refractivity contribution >= 4 is 11.9 Å². The second kappa shape index (κ2) is 5.20. The molecule has 6 heteroatoms. The number of nitrogens with zero attached hydrogens (tertiary/aromatic N) is 1. The molecule has 1 rings (SSSR count). The molecule has 1 saturated heterocycles. The van der Waals surface area contributed by atoms with Crippen molar-refractivity contribution in [2.75, 3.05) is 6.54 Å². The van der Waals surface area contributed by atoms with Crippen LogP contribution in [0.25, 0.3) is 0 Å². The first kappa shape index (κ1) is 11.3. The number of rotatable bonds is 4. The molecular formula is C9H14N4O2. The second-order valence-corrected chi connectivity index (χ2v) is 3.39. The molecule has 0 aromatic carbocycles. The first-order valence-corrected chi connectivity index (χ1v) is 4.91. The van der Waals surface area contributed by atoms with Crippen molar-refractivity contribution in [1.29, 1.82) is 5.26 Å². The Balaban J connectivity index is 2.41. The van der Waals surface area contributed by atoms with Gasteiger partial charge in [-0.2, -0.15) is 5.26 Å². The van der Waals surface area contributed by atoms with Crippen molar-refractivity contribution in [1.82, 2.24) is 16.0 Å². The number of nitrogens with one attached hydrogen (secondary N) is 3. The average molecular weight is 210 g/mol. The minimum atomic E-state index is -0.565. The van der Waals surface area contributed by atoms with Crippen LogP contribution in [0, 0.1) is 11.3 Å². The summed E-state index contributed by atoms with van der Waals surface area (Å²) >= 11 is 0. The van der Waals surface area contributed by atoms with Gasteiger partial charge in [0.1, 0.15) is 12.1 Å². The predicted molar refractivity (Wildman–Crippen MR) is 52.8 cm³/mol. The van der Waals surface area contributed by atoms with E-state index in [-0.39, 0.29) is 18.5 Å². The van der Waals surface area contributed by atoms with Crippen LogP contribution in [0.15, 0.2) is 0 Å². The van der Waals surface area contributed by atoms with Crippen molar-refractivity contribution < 1.29 is 9.59 Å². The van der Waals surface area contributed by atoms with Crippen LogP contribution >= 0.6 is 0 Å². The molecule has 15 heavy (non-hydrogen) atoms. The van der Waals surface area contributed by atoms with E-state index in [1.54, 1.807) is 0 Å². The zero-order valence-electron chi connectivity index (χ0n) is 8.54. The second-order valence-electron chi connectivity index (χ2n) is 3.39. The standard InChI is InChI=1S/C9H14N4O2/c1-2-3-6(4-10)12-8(14)7-5-11-9(15)13-7/h6-7H,2-3,5H2,1H3,(H,12,14)(H2,11,13,15)/t6-,7+/m0/s1. The molecule has 6 nitrogen and oxygen atoms in total. The summed E-state index contributed by atoms with van der Waals surface area (Å²) in [4.78, 5) is 22.3. The zero-order valence-corrected chi connectivity index (χ0v) is 8.54. The summed E-state index contributed by atoms with van der Waals surface area (Å²) in [6.45, 7) is 2.21. The van der Waals surface area contributed by atoms with Crippen molar-refractivity contribution in [2.24, 2.45) is 0 Å². The summed E-state index contributed by atoms with van der Waals surface area (Å²) in [7, 11) is 0. The maximum atomic E-state index is 11.5. The molecule has 0 unspecified atom stereocenters. The Morgan fingerprint density at radius 2 is 2.53 bits per heavy atom. The molecule has 0 aromatic heterocycles. The number of carbonyl (C=O) groups excluding carboxylic acids is 2.